The summed E-state index contributed by atoms with van der Waals surface area (Å²) in [4.78, 5) is 14.8. The van der Waals surface area contributed by atoms with Gasteiger partial charge in [0.25, 0.3) is 5.91 Å². The van der Waals surface area contributed by atoms with Gasteiger partial charge in [-0.2, -0.15) is 5.10 Å². The maximum Gasteiger partial charge on any atom is 0.272 e. The number of ether oxygens (including phenoxy) is 1. The molecule has 0 N–H and O–H groups in total. The van der Waals surface area contributed by atoms with E-state index in [0.717, 1.165) is 36.4 Å². The van der Waals surface area contributed by atoms with Crippen LogP contribution in [0.15, 0.2) is 36.4 Å². The summed E-state index contributed by atoms with van der Waals surface area (Å²) in [6.45, 7) is 1.98. The summed E-state index contributed by atoms with van der Waals surface area (Å²) in [5.74, 6) is 2.49. The molecule has 2 heterocycles. The lowest BCUT2D eigenvalue weighted by molar-refractivity contribution is -0.102. The largest absolute Gasteiger partial charge is 0.487 e. The zero-order valence-electron chi connectivity index (χ0n) is 12.9. The highest BCUT2D eigenvalue weighted by Gasteiger charge is 2.56. The van der Waals surface area contributed by atoms with Crippen LogP contribution in [0.1, 0.15) is 29.0 Å². The van der Waals surface area contributed by atoms with Crippen molar-refractivity contribution >= 4 is 5.91 Å². The van der Waals surface area contributed by atoms with Gasteiger partial charge in [0.2, 0.25) is 0 Å². The molecule has 5 nitrogen and oxygen atoms in total. The van der Waals surface area contributed by atoms with Crippen LogP contribution in [0.4, 0.5) is 0 Å². The van der Waals surface area contributed by atoms with Crippen molar-refractivity contribution in [3.05, 3.63) is 47.8 Å². The van der Waals surface area contributed by atoms with Gasteiger partial charge in [-0.15, -0.1) is 0 Å². The van der Waals surface area contributed by atoms with E-state index in [2.05, 4.69) is 10.00 Å². The maximum absolute atomic E-state index is 12.7. The van der Waals surface area contributed by atoms with E-state index in [1.54, 1.807) is 0 Å². The number of hydrogen-bond acceptors (Lipinski definition) is 3. The zero-order chi connectivity index (χ0) is 15.4. The lowest BCUT2D eigenvalue weighted by atomic mass is 9.51. The van der Waals surface area contributed by atoms with Gasteiger partial charge in [0.05, 0.1) is 6.54 Å². The second-order valence-electron chi connectivity index (χ2n) is 6.83. The predicted molar refractivity (Wildman–Crippen MR) is 84.0 cm³/mol. The smallest absolute Gasteiger partial charge is 0.272 e. The molecule has 3 saturated carbocycles. The van der Waals surface area contributed by atoms with E-state index < -0.39 is 0 Å². The van der Waals surface area contributed by atoms with Gasteiger partial charge in [-0.1, -0.05) is 18.2 Å². The van der Waals surface area contributed by atoms with Crippen LogP contribution in [-0.2, 0) is 13.2 Å². The Bertz CT molecular complexity index is 741. The number of fused-ring (bicyclic) bond motifs is 1. The molecule has 1 aromatic carbocycles. The molecule has 4 aliphatic rings. The number of benzene rings is 1. The number of rotatable bonds is 4. The van der Waals surface area contributed by atoms with E-state index in [-0.39, 0.29) is 5.91 Å². The molecule has 1 amide bonds. The number of carbonyl (C=O) groups is 1. The van der Waals surface area contributed by atoms with Crippen LogP contribution in [0.25, 0.3) is 0 Å². The minimum absolute atomic E-state index is 0.147. The number of amides is 1. The average Bonchev–Trinajstić information content (AvgIpc) is 2.90. The topological polar surface area (TPSA) is 47.4 Å². The van der Waals surface area contributed by atoms with Crippen molar-refractivity contribution in [1.29, 1.82) is 0 Å². The van der Waals surface area contributed by atoms with E-state index in [1.807, 2.05) is 41.1 Å². The zero-order valence-corrected chi connectivity index (χ0v) is 12.9. The molecule has 3 aliphatic carbocycles. The minimum Gasteiger partial charge on any atom is -0.487 e. The van der Waals surface area contributed by atoms with Gasteiger partial charge in [0.1, 0.15) is 23.7 Å². The monoisotopic (exact) mass is 309 g/mol. The van der Waals surface area contributed by atoms with Crippen molar-refractivity contribution < 1.29 is 9.53 Å². The van der Waals surface area contributed by atoms with Crippen LogP contribution in [-0.4, -0.2) is 33.2 Å². The van der Waals surface area contributed by atoms with Gasteiger partial charge >= 0.3 is 0 Å². The molecule has 0 spiro atoms. The first-order valence-corrected chi connectivity index (χ1v) is 8.35. The highest BCUT2D eigenvalue weighted by molar-refractivity contribution is 5.93. The Balaban J connectivity index is 1.31. The third-order valence-corrected chi connectivity index (χ3v) is 5.53. The third-order valence-electron chi connectivity index (χ3n) is 5.53. The average molecular weight is 309 g/mol. The van der Waals surface area contributed by atoms with E-state index >= 15 is 0 Å². The molecule has 5 heteroatoms. The molecule has 0 atom stereocenters. The van der Waals surface area contributed by atoms with E-state index in [0.29, 0.717) is 18.3 Å². The van der Waals surface area contributed by atoms with Gasteiger partial charge < -0.3 is 9.64 Å². The van der Waals surface area contributed by atoms with Crippen molar-refractivity contribution in [3.63, 3.8) is 0 Å². The first-order valence-electron chi connectivity index (χ1n) is 8.35. The van der Waals surface area contributed by atoms with Crippen LogP contribution >= 0.6 is 0 Å². The fraction of sp³-hybridized carbons (Fsp3) is 0.444. The van der Waals surface area contributed by atoms with Crippen molar-refractivity contribution in [1.82, 2.24) is 14.7 Å². The van der Waals surface area contributed by atoms with E-state index in [1.165, 1.54) is 12.8 Å². The molecular weight excluding hydrogens is 290 g/mol. The Morgan fingerprint density at radius 2 is 1.91 bits per heavy atom. The van der Waals surface area contributed by atoms with E-state index in [9.17, 15) is 4.79 Å². The lowest BCUT2D eigenvalue weighted by Crippen LogP contribution is -2.66. The summed E-state index contributed by atoms with van der Waals surface area (Å²) in [5, 5.41) is 4.53. The predicted octanol–water partition coefficient (Wildman–Crippen LogP) is 2.33. The number of hydrogen-bond donors (Lipinski definition) is 0. The van der Waals surface area contributed by atoms with Crippen molar-refractivity contribution in [2.24, 2.45) is 11.8 Å². The van der Waals surface area contributed by atoms with Gasteiger partial charge in [0, 0.05) is 12.6 Å². The highest BCUT2D eigenvalue weighted by Crippen LogP contribution is 2.56. The number of aromatic nitrogens is 2. The summed E-state index contributed by atoms with van der Waals surface area (Å²) in [6, 6.07) is 12.1. The molecule has 0 saturated heterocycles. The Labute approximate surface area is 134 Å². The summed E-state index contributed by atoms with van der Waals surface area (Å²) >= 11 is 0. The number of nitrogens with zero attached hydrogens (tertiary/aromatic N) is 3. The molecule has 3 fully saturated rings. The molecule has 0 unspecified atom stereocenters. The maximum atomic E-state index is 12.7. The first-order chi connectivity index (χ1) is 11.3. The summed E-state index contributed by atoms with van der Waals surface area (Å²) in [6.07, 6.45) is 2.65. The van der Waals surface area contributed by atoms with E-state index in [4.69, 9.17) is 4.74 Å². The second kappa shape index (κ2) is 4.85. The minimum atomic E-state index is 0.147. The quantitative estimate of drug-likeness (QED) is 0.871. The SMILES string of the molecule is O=C1c2cc(COc3ccccc3)nn2CCN1C1C2CC1C2. The fourth-order valence-electron chi connectivity index (χ4n) is 4.06. The molecule has 0 radical (unpaired) electrons. The molecule has 2 aromatic rings. The van der Waals surface area contributed by atoms with Crippen molar-refractivity contribution in [2.75, 3.05) is 6.54 Å². The number of para-hydroxylation sites is 1. The van der Waals surface area contributed by atoms with Gasteiger partial charge in [-0.25, -0.2) is 0 Å². The molecule has 2 bridgehead atoms. The van der Waals surface area contributed by atoms with Crippen LogP contribution in [0.3, 0.4) is 0 Å². The first kappa shape index (κ1) is 13.2. The number of carbonyl (C=O) groups excluding carboxylic acids is 1. The standard InChI is InChI=1S/C18H19N3O2/c22-18-16-10-14(11-23-15-4-2-1-3-5-15)19-21(16)7-6-20(18)17-12-8-13(17)9-12/h1-5,10,12-13,17H,6-9,11H2. The van der Waals surface area contributed by atoms with Crippen LogP contribution < -0.4 is 4.74 Å². The lowest BCUT2D eigenvalue weighted by Gasteiger charge is -2.62. The van der Waals surface area contributed by atoms with Crippen molar-refractivity contribution in [3.8, 4) is 5.75 Å². The molecule has 1 aromatic heterocycles. The molecule has 23 heavy (non-hydrogen) atoms. The van der Waals surface area contributed by atoms with Crippen LogP contribution in [0.2, 0.25) is 0 Å². The Morgan fingerprint density at radius 3 is 2.61 bits per heavy atom. The van der Waals surface area contributed by atoms with Crippen LogP contribution in [0.5, 0.6) is 5.75 Å². The normalized spacial score (nSPS) is 27.9. The van der Waals surface area contributed by atoms with Gasteiger partial charge in [0.15, 0.2) is 0 Å². The molecule has 118 valence electrons. The molecule has 1 aliphatic heterocycles. The van der Waals surface area contributed by atoms with Gasteiger partial charge in [-0.05, 0) is 42.9 Å². The summed E-state index contributed by atoms with van der Waals surface area (Å²) < 4.78 is 7.58. The second-order valence-corrected chi connectivity index (χ2v) is 6.83. The highest BCUT2D eigenvalue weighted by atomic mass is 16.5. The molecular formula is C18H19N3O2. The Hall–Kier alpha value is -2.30. The third kappa shape index (κ3) is 1.99. The Kier molecular flexibility index (Phi) is 2.77. The Morgan fingerprint density at radius 1 is 1.13 bits per heavy atom. The van der Waals surface area contributed by atoms with Gasteiger partial charge in [-0.3, -0.25) is 9.48 Å². The molecule has 6 rings (SSSR count). The summed E-state index contributed by atoms with van der Waals surface area (Å²) in [7, 11) is 0. The van der Waals surface area contributed by atoms with Crippen LogP contribution in [0, 0.1) is 11.8 Å². The van der Waals surface area contributed by atoms with Crippen molar-refractivity contribution in [2.45, 2.75) is 32.0 Å². The fourth-order valence-corrected chi connectivity index (χ4v) is 4.06. The summed E-state index contributed by atoms with van der Waals surface area (Å²) in [5.41, 5.74) is 1.53.